The van der Waals surface area contributed by atoms with E-state index in [1.165, 1.54) is 25.2 Å². The monoisotopic (exact) mass is 357 g/mol. The highest BCUT2D eigenvalue weighted by molar-refractivity contribution is 7.10. The minimum Gasteiger partial charge on any atom is -0.478 e. The highest BCUT2D eigenvalue weighted by Gasteiger charge is 2.30. The van der Waals surface area contributed by atoms with Gasteiger partial charge in [0.2, 0.25) is 0 Å². The van der Waals surface area contributed by atoms with Crippen molar-refractivity contribution in [3.8, 4) is 5.75 Å². The fraction of sp³-hybridized carbons (Fsp3) is 0.316. The number of aromatic nitrogens is 1. The van der Waals surface area contributed by atoms with Gasteiger partial charge in [-0.1, -0.05) is 0 Å². The lowest BCUT2D eigenvalue weighted by atomic mass is 9.86. The summed E-state index contributed by atoms with van der Waals surface area (Å²) in [4.78, 5) is 29.2. The average molecular weight is 357 g/mol. The number of Topliss-reactive ketones (excluding diaryl/α,β-unsaturated/α-hetero) is 1. The summed E-state index contributed by atoms with van der Waals surface area (Å²) < 4.78 is 5.56. The molecule has 0 aliphatic heterocycles. The molecular formula is C19H19NO4S. The van der Waals surface area contributed by atoms with E-state index in [0.29, 0.717) is 17.7 Å². The number of carboxylic acids is 1. The Kier molecular flexibility index (Phi) is 4.47. The standard InChI is InChI=1S/C19H19NO4S/c1-11-16(25-10-20-11)9-13-5-4-12-8-14(6-7-15(12)17(13)21)24-19(2,3)18(22)23/h6-10H,4-5H2,1-3H3,(H,22,23)/b13-9-. The lowest BCUT2D eigenvalue weighted by molar-refractivity contribution is -0.152. The van der Waals surface area contributed by atoms with Crippen molar-refractivity contribution < 1.29 is 19.4 Å². The minimum absolute atomic E-state index is 0.0121. The molecule has 5 nitrogen and oxygen atoms in total. The third-order valence-electron chi connectivity index (χ3n) is 4.25. The number of ether oxygens (including phenoxy) is 1. The number of allylic oxidation sites excluding steroid dienone is 1. The zero-order valence-electron chi connectivity index (χ0n) is 14.3. The van der Waals surface area contributed by atoms with Crippen molar-refractivity contribution >= 4 is 29.2 Å². The third kappa shape index (κ3) is 3.49. The van der Waals surface area contributed by atoms with Crippen LogP contribution in [-0.4, -0.2) is 27.4 Å². The number of hydrogen-bond donors (Lipinski definition) is 1. The van der Waals surface area contributed by atoms with Crippen LogP contribution in [-0.2, 0) is 11.2 Å². The van der Waals surface area contributed by atoms with Crippen LogP contribution < -0.4 is 4.74 Å². The topological polar surface area (TPSA) is 76.5 Å². The second-order valence-electron chi connectivity index (χ2n) is 6.54. The minimum atomic E-state index is -1.32. The maximum absolute atomic E-state index is 12.7. The van der Waals surface area contributed by atoms with Gasteiger partial charge in [-0.15, -0.1) is 11.3 Å². The summed E-state index contributed by atoms with van der Waals surface area (Å²) in [7, 11) is 0. The maximum Gasteiger partial charge on any atom is 0.347 e. The van der Waals surface area contributed by atoms with Crippen molar-refractivity contribution in [1.29, 1.82) is 0 Å². The van der Waals surface area contributed by atoms with E-state index >= 15 is 0 Å². The van der Waals surface area contributed by atoms with Gasteiger partial charge < -0.3 is 9.84 Å². The van der Waals surface area contributed by atoms with Gasteiger partial charge in [-0.25, -0.2) is 9.78 Å². The Balaban J connectivity index is 1.87. The first kappa shape index (κ1) is 17.4. The predicted octanol–water partition coefficient (Wildman–Crippen LogP) is 3.91. The number of hydrogen-bond acceptors (Lipinski definition) is 5. The summed E-state index contributed by atoms with van der Waals surface area (Å²) in [6, 6.07) is 5.15. The molecule has 6 heteroatoms. The lowest BCUT2D eigenvalue weighted by Crippen LogP contribution is -2.37. The molecule has 1 N–H and O–H groups in total. The molecule has 0 saturated heterocycles. The van der Waals surface area contributed by atoms with Crippen LogP contribution in [0.2, 0.25) is 0 Å². The van der Waals surface area contributed by atoms with E-state index in [1.54, 1.807) is 23.7 Å². The first-order valence-corrected chi connectivity index (χ1v) is 8.86. The van der Waals surface area contributed by atoms with E-state index in [9.17, 15) is 14.7 Å². The molecule has 2 aromatic rings. The Bertz CT molecular complexity index is 879. The Morgan fingerprint density at radius 2 is 2.12 bits per heavy atom. The van der Waals surface area contributed by atoms with Gasteiger partial charge in [0, 0.05) is 11.1 Å². The number of carboxylic acid groups (broad SMARTS) is 1. The highest BCUT2D eigenvalue weighted by atomic mass is 32.1. The zero-order valence-corrected chi connectivity index (χ0v) is 15.1. The molecule has 25 heavy (non-hydrogen) atoms. The van der Waals surface area contributed by atoms with Crippen molar-refractivity contribution in [2.45, 2.75) is 39.2 Å². The molecule has 0 fully saturated rings. The highest BCUT2D eigenvalue weighted by Crippen LogP contribution is 2.31. The van der Waals surface area contributed by atoms with Gasteiger partial charge in [-0.3, -0.25) is 4.79 Å². The van der Waals surface area contributed by atoms with E-state index in [0.717, 1.165) is 28.1 Å². The van der Waals surface area contributed by atoms with Crippen molar-refractivity contribution in [3.63, 3.8) is 0 Å². The van der Waals surface area contributed by atoms with Gasteiger partial charge in [0.25, 0.3) is 0 Å². The second-order valence-corrected chi connectivity index (χ2v) is 7.42. The van der Waals surface area contributed by atoms with Crippen molar-refractivity contribution in [2.24, 2.45) is 0 Å². The molecule has 0 spiro atoms. The molecule has 0 amide bonds. The number of thiazole rings is 1. The van der Waals surface area contributed by atoms with Crippen LogP contribution in [0.4, 0.5) is 0 Å². The molecule has 3 rings (SSSR count). The van der Waals surface area contributed by atoms with E-state index in [4.69, 9.17) is 4.74 Å². The third-order valence-corrected chi connectivity index (χ3v) is 5.13. The van der Waals surface area contributed by atoms with Crippen LogP contribution in [0.15, 0.2) is 29.3 Å². The summed E-state index contributed by atoms with van der Waals surface area (Å²) in [5.74, 6) is -0.561. The number of carbonyl (C=O) groups excluding carboxylic acids is 1. The number of aliphatic carboxylic acids is 1. The van der Waals surface area contributed by atoms with Crippen LogP contribution >= 0.6 is 11.3 Å². The van der Waals surface area contributed by atoms with Crippen LogP contribution in [0.3, 0.4) is 0 Å². The molecule has 1 aromatic carbocycles. The van der Waals surface area contributed by atoms with Gasteiger partial charge in [0.05, 0.1) is 16.1 Å². The van der Waals surface area contributed by atoms with E-state index in [2.05, 4.69) is 4.98 Å². The molecule has 1 heterocycles. The number of ketones is 1. The van der Waals surface area contributed by atoms with E-state index in [-0.39, 0.29) is 5.78 Å². The largest absolute Gasteiger partial charge is 0.478 e. The Morgan fingerprint density at radius 1 is 1.36 bits per heavy atom. The summed E-state index contributed by atoms with van der Waals surface area (Å²) in [6.07, 6.45) is 3.29. The van der Waals surface area contributed by atoms with Gasteiger partial charge in [0.1, 0.15) is 5.75 Å². The summed E-state index contributed by atoms with van der Waals surface area (Å²) in [5, 5.41) is 9.17. The molecule has 0 bridgehead atoms. The summed E-state index contributed by atoms with van der Waals surface area (Å²) >= 11 is 1.52. The summed E-state index contributed by atoms with van der Waals surface area (Å²) in [5.41, 5.74) is 3.70. The van der Waals surface area contributed by atoms with Crippen LogP contribution in [0, 0.1) is 6.92 Å². The molecule has 1 aliphatic rings. The maximum atomic E-state index is 12.7. The smallest absolute Gasteiger partial charge is 0.347 e. The second kappa shape index (κ2) is 6.44. The van der Waals surface area contributed by atoms with Crippen molar-refractivity contribution in [1.82, 2.24) is 4.98 Å². The van der Waals surface area contributed by atoms with Crippen molar-refractivity contribution in [3.05, 3.63) is 51.0 Å². The summed E-state index contributed by atoms with van der Waals surface area (Å²) in [6.45, 7) is 4.92. The fourth-order valence-corrected chi connectivity index (χ4v) is 3.46. The average Bonchev–Trinajstić information content (AvgIpc) is 2.94. The molecule has 0 saturated carbocycles. The SMILES string of the molecule is Cc1ncsc1/C=C1/CCc2cc(OC(C)(C)C(=O)O)ccc2C1=O. The van der Waals surface area contributed by atoms with Gasteiger partial charge >= 0.3 is 5.97 Å². The van der Waals surface area contributed by atoms with Crippen LogP contribution in [0.1, 0.15) is 46.8 Å². The van der Waals surface area contributed by atoms with Gasteiger partial charge in [-0.05, 0) is 63.5 Å². The van der Waals surface area contributed by atoms with Crippen molar-refractivity contribution in [2.75, 3.05) is 0 Å². The van der Waals surface area contributed by atoms with Gasteiger partial charge in [0.15, 0.2) is 11.4 Å². The van der Waals surface area contributed by atoms with E-state index < -0.39 is 11.6 Å². The molecule has 1 aliphatic carbocycles. The fourth-order valence-electron chi connectivity index (χ4n) is 2.70. The number of carbonyl (C=O) groups is 2. The Labute approximate surface area is 150 Å². The number of rotatable bonds is 4. The zero-order chi connectivity index (χ0) is 18.2. The molecule has 1 aromatic heterocycles. The first-order chi connectivity index (χ1) is 11.8. The number of fused-ring (bicyclic) bond motifs is 1. The lowest BCUT2D eigenvalue weighted by Gasteiger charge is -2.23. The van der Waals surface area contributed by atoms with Crippen LogP contribution in [0.5, 0.6) is 5.75 Å². The first-order valence-electron chi connectivity index (χ1n) is 7.98. The Hall–Kier alpha value is -2.47. The normalized spacial score (nSPS) is 16.0. The number of aryl methyl sites for hydroxylation is 2. The quantitative estimate of drug-likeness (QED) is 0.840. The molecular weight excluding hydrogens is 338 g/mol. The predicted molar refractivity (Wildman–Crippen MR) is 96.3 cm³/mol. The van der Waals surface area contributed by atoms with Gasteiger partial charge in [-0.2, -0.15) is 0 Å². The molecule has 0 radical (unpaired) electrons. The van der Waals surface area contributed by atoms with Crippen LogP contribution in [0.25, 0.3) is 6.08 Å². The molecule has 0 unspecified atom stereocenters. The number of benzene rings is 1. The van der Waals surface area contributed by atoms with E-state index in [1.807, 2.05) is 13.0 Å². The molecule has 0 atom stereocenters. The molecule has 130 valence electrons. The number of nitrogens with zero attached hydrogens (tertiary/aromatic N) is 1. The Morgan fingerprint density at radius 3 is 2.76 bits per heavy atom.